The van der Waals surface area contributed by atoms with E-state index < -0.39 is 0 Å². The maximum absolute atomic E-state index is 6.18. The second-order valence-electron chi connectivity index (χ2n) is 7.86. The van der Waals surface area contributed by atoms with Crippen molar-refractivity contribution in [1.29, 1.82) is 0 Å². The van der Waals surface area contributed by atoms with Crippen LogP contribution in [0.4, 0.5) is 11.6 Å². The molecule has 10 nitrogen and oxygen atoms in total. The molecule has 0 spiro atoms. The van der Waals surface area contributed by atoms with Gasteiger partial charge in [0.2, 0.25) is 5.82 Å². The van der Waals surface area contributed by atoms with Crippen molar-refractivity contribution in [3.05, 3.63) is 59.9 Å². The highest BCUT2D eigenvalue weighted by Gasteiger charge is 2.18. The van der Waals surface area contributed by atoms with Gasteiger partial charge in [-0.05, 0) is 28.3 Å². The van der Waals surface area contributed by atoms with Gasteiger partial charge in [0.05, 0.1) is 0 Å². The SMILES string of the molecule is CCCCc1nc2c(N)nnc(N)c2n1Cc1ccc(-c2ccccc2-c2nn[nH]n2)cc1. The van der Waals surface area contributed by atoms with E-state index in [9.17, 15) is 0 Å². The van der Waals surface area contributed by atoms with Crippen molar-refractivity contribution in [2.45, 2.75) is 32.7 Å². The summed E-state index contributed by atoms with van der Waals surface area (Å²) in [5.74, 6) is 2.13. The van der Waals surface area contributed by atoms with Gasteiger partial charge in [0.1, 0.15) is 16.9 Å². The van der Waals surface area contributed by atoms with Crippen LogP contribution in [-0.4, -0.2) is 40.4 Å². The fourth-order valence-corrected chi connectivity index (χ4v) is 4.01. The summed E-state index contributed by atoms with van der Waals surface area (Å²) in [5.41, 5.74) is 17.7. The van der Waals surface area contributed by atoms with E-state index in [2.05, 4.69) is 72.6 Å². The lowest BCUT2D eigenvalue weighted by molar-refractivity contribution is 0.690. The summed E-state index contributed by atoms with van der Waals surface area (Å²) >= 11 is 0. The molecule has 5 rings (SSSR count). The highest BCUT2D eigenvalue weighted by Crippen LogP contribution is 2.30. The third-order valence-corrected chi connectivity index (χ3v) is 5.67. The molecule has 3 heterocycles. The number of nitrogens with one attached hydrogen (secondary N) is 1. The lowest BCUT2D eigenvalue weighted by Gasteiger charge is -2.12. The van der Waals surface area contributed by atoms with Crippen molar-refractivity contribution < 1.29 is 0 Å². The number of nitrogens with zero attached hydrogens (tertiary/aromatic N) is 7. The Kier molecular flexibility index (Phi) is 5.39. The Morgan fingerprint density at radius 2 is 1.67 bits per heavy atom. The summed E-state index contributed by atoms with van der Waals surface area (Å²) in [5, 5.41) is 22.4. The smallest absolute Gasteiger partial charge is 0.205 e. The second kappa shape index (κ2) is 8.65. The van der Waals surface area contributed by atoms with E-state index >= 15 is 0 Å². The van der Waals surface area contributed by atoms with Gasteiger partial charge in [-0.3, -0.25) is 0 Å². The molecule has 0 aliphatic heterocycles. The van der Waals surface area contributed by atoms with Gasteiger partial charge >= 0.3 is 0 Å². The molecule has 0 bridgehead atoms. The Bertz CT molecular complexity index is 1390. The molecule has 3 aromatic heterocycles. The first-order chi connectivity index (χ1) is 16.2. The summed E-state index contributed by atoms with van der Waals surface area (Å²) in [6.45, 7) is 2.77. The topological polar surface area (TPSA) is 150 Å². The Hall–Kier alpha value is -4.34. The van der Waals surface area contributed by atoms with Crippen LogP contribution < -0.4 is 11.5 Å². The average Bonchev–Trinajstić information content (AvgIpc) is 3.50. The standard InChI is InChI=1S/C23H24N10/c1-2-3-8-18-26-19-20(22(25)28-27-21(19)24)33(18)13-14-9-11-15(12-10-14)16-6-4-5-7-17(16)23-29-31-32-30-23/h4-7,9-12H,2-3,8,13H2,1H3,(H2,24,27)(H2,25,28)(H,29,30,31,32). The molecule has 0 aliphatic rings. The summed E-state index contributed by atoms with van der Waals surface area (Å²) < 4.78 is 2.10. The highest BCUT2D eigenvalue weighted by atomic mass is 15.5. The maximum atomic E-state index is 6.18. The number of hydrogen-bond donors (Lipinski definition) is 3. The summed E-state index contributed by atoms with van der Waals surface area (Å²) in [6.07, 6.45) is 2.93. The number of fused-ring (bicyclic) bond motifs is 1. The molecule has 0 saturated heterocycles. The first-order valence-electron chi connectivity index (χ1n) is 10.8. The van der Waals surface area contributed by atoms with Crippen LogP contribution in [0.15, 0.2) is 48.5 Å². The number of aromatic nitrogens is 8. The van der Waals surface area contributed by atoms with Crippen LogP contribution in [0.3, 0.4) is 0 Å². The fourth-order valence-electron chi connectivity index (χ4n) is 4.01. The van der Waals surface area contributed by atoms with E-state index in [0.717, 1.165) is 52.9 Å². The lowest BCUT2D eigenvalue weighted by atomic mass is 9.98. The third-order valence-electron chi connectivity index (χ3n) is 5.67. The number of anilines is 2. The number of H-pyrrole nitrogens is 1. The molecule has 5 N–H and O–H groups in total. The van der Waals surface area contributed by atoms with Crippen molar-refractivity contribution in [2.75, 3.05) is 11.5 Å². The molecular weight excluding hydrogens is 416 g/mol. The first kappa shape index (κ1) is 20.6. The number of unbranched alkanes of at least 4 members (excludes halogenated alkanes) is 1. The van der Waals surface area contributed by atoms with E-state index in [1.807, 2.05) is 18.2 Å². The van der Waals surface area contributed by atoms with Crippen LogP contribution in [0.1, 0.15) is 31.2 Å². The van der Waals surface area contributed by atoms with Gasteiger partial charge in [-0.2, -0.15) is 5.21 Å². The zero-order valence-electron chi connectivity index (χ0n) is 18.2. The zero-order chi connectivity index (χ0) is 22.8. The molecule has 5 aromatic rings. The minimum Gasteiger partial charge on any atom is -0.380 e. The van der Waals surface area contributed by atoms with Crippen molar-refractivity contribution in [1.82, 2.24) is 40.4 Å². The molecule has 33 heavy (non-hydrogen) atoms. The van der Waals surface area contributed by atoms with E-state index in [1.165, 1.54) is 0 Å². The Labute approximate surface area is 190 Å². The number of rotatable bonds is 7. The second-order valence-corrected chi connectivity index (χ2v) is 7.86. The summed E-state index contributed by atoms with van der Waals surface area (Å²) in [7, 11) is 0. The highest BCUT2D eigenvalue weighted by molar-refractivity contribution is 5.92. The predicted octanol–water partition coefficient (Wildman–Crippen LogP) is 3.23. The van der Waals surface area contributed by atoms with Crippen LogP contribution in [0.25, 0.3) is 33.5 Å². The van der Waals surface area contributed by atoms with Crippen molar-refractivity contribution >= 4 is 22.7 Å². The number of hydrogen-bond acceptors (Lipinski definition) is 8. The lowest BCUT2D eigenvalue weighted by Crippen LogP contribution is -2.08. The van der Waals surface area contributed by atoms with Gasteiger partial charge < -0.3 is 16.0 Å². The molecule has 166 valence electrons. The maximum Gasteiger partial charge on any atom is 0.205 e. The molecule has 0 radical (unpaired) electrons. The van der Waals surface area contributed by atoms with Gasteiger partial charge in [0.25, 0.3) is 0 Å². The van der Waals surface area contributed by atoms with E-state index in [1.54, 1.807) is 0 Å². The molecule has 0 saturated carbocycles. The van der Waals surface area contributed by atoms with Crippen LogP contribution in [0, 0.1) is 0 Å². The minimum absolute atomic E-state index is 0.295. The molecule has 0 amide bonds. The van der Waals surface area contributed by atoms with Crippen LogP contribution in [0.2, 0.25) is 0 Å². The van der Waals surface area contributed by atoms with Crippen LogP contribution >= 0.6 is 0 Å². The Morgan fingerprint density at radius 3 is 2.39 bits per heavy atom. The number of nitrogens with two attached hydrogens (primary N) is 2. The monoisotopic (exact) mass is 440 g/mol. The summed E-state index contributed by atoms with van der Waals surface area (Å²) in [6, 6.07) is 16.4. The number of aromatic amines is 1. The van der Waals surface area contributed by atoms with Crippen LogP contribution in [-0.2, 0) is 13.0 Å². The molecule has 10 heteroatoms. The van der Waals surface area contributed by atoms with Gasteiger partial charge in [0, 0.05) is 18.5 Å². The zero-order valence-corrected chi connectivity index (χ0v) is 18.2. The number of aryl methyl sites for hydroxylation is 1. The molecular formula is C23H24N10. The van der Waals surface area contributed by atoms with E-state index in [4.69, 9.17) is 16.5 Å². The third kappa shape index (κ3) is 3.86. The molecule has 0 unspecified atom stereocenters. The number of nitrogen functional groups attached to an aromatic ring is 2. The normalized spacial score (nSPS) is 11.3. The Balaban J connectivity index is 1.51. The van der Waals surface area contributed by atoms with Gasteiger partial charge in [-0.15, -0.1) is 20.4 Å². The average molecular weight is 441 g/mol. The van der Waals surface area contributed by atoms with Crippen LogP contribution in [0.5, 0.6) is 0 Å². The van der Waals surface area contributed by atoms with E-state index in [-0.39, 0.29) is 0 Å². The molecule has 0 atom stereocenters. The van der Waals surface area contributed by atoms with Gasteiger partial charge in [-0.1, -0.05) is 61.9 Å². The fraction of sp³-hybridized carbons (Fsp3) is 0.217. The molecule has 0 aliphatic carbocycles. The van der Waals surface area contributed by atoms with E-state index in [0.29, 0.717) is 29.5 Å². The Morgan fingerprint density at radius 1 is 0.909 bits per heavy atom. The predicted molar refractivity (Wildman–Crippen MR) is 127 cm³/mol. The quantitative estimate of drug-likeness (QED) is 0.349. The number of imidazole rings is 1. The van der Waals surface area contributed by atoms with Gasteiger partial charge in [-0.25, -0.2) is 4.98 Å². The first-order valence-corrected chi connectivity index (χ1v) is 10.8. The van der Waals surface area contributed by atoms with Crippen molar-refractivity contribution in [3.8, 4) is 22.5 Å². The largest absolute Gasteiger partial charge is 0.380 e. The van der Waals surface area contributed by atoms with Gasteiger partial charge in [0.15, 0.2) is 11.6 Å². The van der Waals surface area contributed by atoms with Crippen molar-refractivity contribution in [3.63, 3.8) is 0 Å². The minimum atomic E-state index is 0.295. The summed E-state index contributed by atoms with van der Waals surface area (Å²) in [4.78, 5) is 4.74. The number of tetrazole rings is 1. The van der Waals surface area contributed by atoms with Crippen molar-refractivity contribution in [2.24, 2.45) is 0 Å². The molecule has 0 fully saturated rings. The molecule has 2 aromatic carbocycles. The number of benzene rings is 2.